The highest BCUT2D eigenvalue weighted by Crippen LogP contribution is 2.20. The van der Waals surface area contributed by atoms with Gasteiger partial charge in [0.25, 0.3) is 0 Å². The first-order valence-corrected chi connectivity index (χ1v) is 8.07. The minimum absolute atomic E-state index is 0.650. The Morgan fingerprint density at radius 3 is 1.91 bits per heavy atom. The van der Waals surface area contributed by atoms with E-state index in [1.165, 1.54) is 17.6 Å². The van der Waals surface area contributed by atoms with Gasteiger partial charge in [-0.05, 0) is 57.6 Å². The van der Waals surface area contributed by atoms with Crippen molar-refractivity contribution < 1.29 is 0 Å². The maximum Gasteiger partial charge on any atom is 0.114 e. The maximum absolute atomic E-state index is 5.86. The molecular formula is C22H31B. The van der Waals surface area contributed by atoms with Gasteiger partial charge in [0.05, 0.1) is 0 Å². The lowest BCUT2D eigenvalue weighted by Crippen LogP contribution is -2.10. The molecule has 0 aliphatic heterocycles. The van der Waals surface area contributed by atoms with E-state index in [9.17, 15) is 0 Å². The van der Waals surface area contributed by atoms with Gasteiger partial charge in [-0.3, -0.25) is 0 Å². The van der Waals surface area contributed by atoms with Crippen molar-refractivity contribution in [2.45, 2.75) is 47.5 Å². The van der Waals surface area contributed by atoms with E-state index in [1.807, 2.05) is 32.0 Å². The van der Waals surface area contributed by atoms with Gasteiger partial charge in [-0.15, -0.1) is 6.58 Å². The zero-order valence-electron chi connectivity index (χ0n) is 15.6. The summed E-state index contributed by atoms with van der Waals surface area (Å²) in [6.45, 7) is 25.9. The molecule has 1 atom stereocenters. The van der Waals surface area contributed by atoms with E-state index < -0.39 is 0 Å². The SMILES string of the molecule is C=C(C)CCC(C)C(=C)C.[B]c1cccc(C(=C)C)c1C(=C)C. The van der Waals surface area contributed by atoms with Crippen LogP contribution in [0.3, 0.4) is 0 Å². The molecule has 0 nitrogen and oxygen atoms in total. The highest BCUT2D eigenvalue weighted by Gasteiger charge is 2.05. The third-order valence-corrected chi connectivity index (χ3v) is 3.83. The van der Waals surface area contributed by atoms with Gasteiger partial charge in [0.1, 0.15) is 7.85 Å². The zero-order chi connectivity index (χ0) is 18.2. The van der Waals surface area contributed by atoms with E-state index in [1.54, 1.807) is 0 Å². The predicted octanol–water partition coefficient (Wildman–Crippen LogP) is 6.10. The second kappa shape index (κ2) is 10.1. The van der Waals surface area contributed by atoms with Crippen LogP contribution in [0.2, 0.25) is 0 Å². The molecule has 23 heavy (non-hydrogen) atoms. The lowest BCUT2D eigenvalue weighted by Gasteiger charge is -2.12. The fraction of sp³-hybridized carbons (Fsp3) is 0.364. The molecule has 1 heteroatoms. The summed E-state index contributed by atoms with van der Waals surface area (Å²) in [5.74, 6) is 0.650. The Balaban J connectivity index is 0.000000438. The Kier molecular flexibility index (Phi) is 9.33. The average molecular weight is 306 g/mol. The number of benzene rings is 1. The normalized spacial score (nSPS) is 11.0. The van der Waals surface area contributed by atoms with Crippen molar-refractivity contribution in [1.29, 1.82) is 0 Å². The smallest absolute Gasteiger partial charge is 0.100 e. The van der Waals surface area contributed by atoms with Crippen molar-refractivity contribution in [3.05, 3.63) is 66.8 Å². The van der Waals surface area contributed by atoms with E-state index in [0.29, 0.717) is 5.92 Å². The fourth-order valence-corrected chi connectivity index (χ4v) is 2.11. The number of rotatable bonds is 6. The summed E-state index contributed by atoms with van der Waals surface area (Å²) in [6.07, 6.45) is 2.33. The fourth-order valence-electron chi connectivity index (χ4n) is 2.11. The zero-order valence-corrected chi connectivity index (χ0v) is 15.6. The van der Waals surface area contributed by atoms with Crippen LogP contribution in [0.15, 0.2) is 55.7 Å². The van der Waals surface area contributed by atoms with E-state index in [2.05, 4.69) is 47.1 Å². The van der Waals surface area contributed by atoms with Crippen molar-refractivity contribution >= 4 is 24.5 Å². The largest absolute Gasteiger partial charge is 0.114 e. The van der Waals surface area contributed by atoms with E-state index in [4.69, 9.17) is 7.85 Å². The van der Waals surface area contributed by atoms with E-state index in [-0.39, 0.29) is 0 Å². The molecule has 0 saturated carbocycles. The lowest BCUT2D eigenvalue weighted by atomic mass is 9.83. The number of hydrogen-bond acceptors (Lipinski definition) is 0. The monoisotopic (exact) mass is 306 g/mol. The van der Waals surface area contributed by atoms with Gasteiger partial charge in [-0.25, -0.2) is 0 Å². The van der Waals surface area contributed by atoms with Crippen molar-refractivity contribution in [3.8, 4) is 0 Å². The molecule has 0 fully saturated rings. The summed E-state index contributed by atoms with van der Waals surface area (Å²) in [5.41, 5.74) is 7.44. The quantitative estimate of drug-likeness (QED) is 0.440. The minimum Gasteiger partial charge on any atom is -0.100 e. The van der Waals surface area contributed by atoms with Gasteiger partial charge in [-0.2, -0.15) is 0 Å². The van der Waals surface area contributed by atoms with Gasteiger partial charge >= 0.3 is 0 Å². The second-order valence-corrected chi connectivity index (χ2v) is 6.57. The summed E-state index contributed by atoms with van der Waals surface area (Å²) >= 11 is 0. The Hall–Kier alpha value is -1.76. The molecule has 0 bridgehead atoms. The van der Waals surface area contributed by atoms with Gasteiger partial charge in [0, 0.05) is 0 Å². The molecule has 0 amide bonds. The Bertz CT molecular complexity index is 590. The molecule has 0 aliphatic rings. The van der Waals surface area contributed by atoms with Crippen molar-refractivity contribution in [1.82, 2.24) is 0 Å². The van der Waals surface area contributed by atoms with Crippen LogP contribution < -0.4 is 5.46 Å². The van der Waals surface area contributed by atoms with Crippen LogP contribution in [0.5, 0.6) is 0 Å². The Morgan fingerprint density at radius 2 is 1.57 bits per heavy atom. The van der Waals surface area contributed by atoms with Crippen molar-refractivity contribution in [3.63, 3.8) is 0 Å². The maximum atomic E-state index is 5.86. The Labute approximate surface area is 145 Å². The third-order valence-electron chi connectivity index (χ3n) is 3.83. The summed E-state index contributed by atoms with van der Waals surface area (Å²) < 4.78 is 0. The molecule has 2 radical (unpaired) electrons. The van der Waals surface area contributed by atoms with Crippen LogP contribution in [0.25, 0.3) is 11.1 Å². The van der Waals surface area contributed by atoms with Gasteiger partial charge in [0.15, 0.2) is 0 Å². The lowest BCUT2D eigenvalue weighted by molar-refractivity contribution is 0.613. The van der Waals surface area contributed by atoms with Gasteiger partial charge in [-0.1, -0.05) is 72.6 Å². The molecule has 1 aromatic carbocycles. The van der Waals surface area contributed by atoms with Crippen LogP contribution in [0.1, 0.15) is 58.6 Å². The van der Waals surface area contributed by atoms with Crippen LogP contribution in [0.4, 0.5) is 0 Å². The molecule has 1 unspecified atom stereocenters. The van der Waals surface area contributed by atoms with Gasteiger partial charge < -0.3 is 0 Å². The minimum atomic E-state index is 0.650. The van der Waals surface area contributed by atoms with E-state index >= 15 is 0 Å². The van der Waals surface area contributed by atoms with Crippen molar-refractivity contribution in [2.24, 2.45) is 5.92 Å². The number of hydrogen-bond donors (Lipinski definition) is 0. The summed E-state index contributed by atoms with van der Waals surface area (Å²) in [4.78, 5) is 0. The third kappa shape index (κ3) is 7.88. The second-order valence-electron chi connectivity index (χ2n) is 6.57. The first kappa shape index (κ1) is 21.2. The van der Waals surface area contributed by atoms with Crippen LogP contribution in [-0.2, 0) is 0 Å². The highest BCUT2D eigenvalue weighted by molar-refractivity contribution is 6.35. The molecular weight excluding hydrogens is 275 g/mol. The predicted molar refractivity (Wildman–Crippen MR) is 109 cm³/mol. The Morgan fingerprint density at radius 1 is 1.00 bits per heavy atom. The van der Waals surface area contributed by atoms with Crippen LogP contribution >= 0.6 is 0 Å². The first-order chi connectivity index (χ1) is 10.6. The van der Waals surface area contributed by atoms with Crippen LogP contribution in [0, 0.1) is 5.92 Å². The molecule has 1 aromatic rings. The molecule has 0 aromatic heterocycles. The molecule has 0 N–H and O–H groups in total. The standard InChI is InChI=1S/C12H13B.C10H18/c1-8(2)10-6-5-7-11(13)12(10)9(3)4;1-8(2)6-7-10(5)9(3)4/h5-7H,1,3H2,2,4H3;10H,1,3,6-7H2,2,4-5H3. The number of allylic oxidation sites excluding steroid dienone is 4. The van der Waals surface area contributed by atoms with Crippen molar-refractivity contribution in [2.75, 3.05) is 0 Å². The first-order valence-electron chi connectivity index (χ1n) is 8.07. The molecule has 122 valence electrons. The summed E-state index contributed by atoms with van der Waals surface area (Å²) in [7, 11) is 5.86. The molecule has 0 spiro atoms. The summed E-state index contributed by atoms with van der Waals surface area (Å²) in [5, 5.41) is 0. The molecule has 1 rings (SSSR count). The highest BCUT2D eigenvalue weighted by atomic mass is 14.1. The van der Waals surface area contributed by atoms with E-state index in [0.717, 1.165) is 34.2 Å². The topological polar surface area (TPSA) is 0 Å². The molecule has 0 saturated heterocycles. The van der Waals surface area contributed by atoms with Crippen LogP contribution in [-0.4, -0.2) is 7.85 Å². The summed E-state index contributed by atoms with van der Waals surface area (Å²) in [6, 6.07) is 5.84. The molecule has 0 aliphatic carbocycles. The van der Waals surface area contributed by atoms with Gasteiger partial charge in [0.2, 0.25) is 0 Å². The average Bonchev–Trinajstić information content (AvgIpc) is 2.44. The molecule has 0 heterocycles.